The first-order chi connectivity index (χ1) is 17.5. The van der Waals surface area contributed by atoms with E-state index >= 15 is 0 Å². The van der Waals surface area contributed by atoms with E-state index in [1.807, 2.05) is 0 Å². The highest BCUT2D eigenvalue weighted by Crippen LogP contribution is 2.46. The van der Waals surface area contributed by atoms with Crippen molar-refractivity contribution in [1.29, 1.82) is 5.26 Å². The van der Waals surface area contributed by atoms with Crippen LogP contribution < -0.4 is 29.4 Å². The lowest BCUT2D eigenvalue weighted by atomic mass is 9.83. The third-order valence-electron chi connectivity index (χ3n) is 5.61. The standard InChI is InChI=1S/C28H24N2O6/c1-4-13-34-18-7-5-17(6-8-18)28(31)35-20-9-11-21-25(15-20)36-27(30)23(16-29)26(21)22-14-19(32-2)10-12-24(22)33-3/h4-12,14-15,26H,1,13,30H2,2-3H3. The molecule has 0 bridgehead atoms. The number of methoxy groups -OCH3 is 2. The molecular weight excluding hydrogens is 460 g/mol. The fourth-order valence-corrected chi connectivity index (χ4v) is 3.89. The summed E-state index contributed by atoms with van der Waals surface area (Å²) in [5.41, 5.74) is 8.06. The van der Waals surface area contributed by atoms with E-state index in [2.05, 4.69) is 12.6 Å². The summed E-state index contributed by atoms with van der Waals surface area (Å²) < 4.78 is 27.7. The van der Waals surface area contributed by atoms with Crippen LogP contribution in [0.25, 0.3) is 0 Å². The van der Waals surface area contributed by atoms with Gasteiger partial charge in [0, 0.05) is 17.2 Å². The third kappa shape index (κ3) is 4.81. The second kappa shape index (κ2) is 10.6. The Hall–Kier alpha value is -4.90. The quantitative estimate of drug-likeness (QED) is 0.278. The van der Waals surface area contributed by atoms with Crippen molar-refractivity contribution in [3.63, 3.8) is 0 Å². The van der Waals surface area contributed by atoms with Crippen LogP contribution in [-0.2, 0) is 0 Å². The van der Waals surface area contributed by atoms with Crippen molar-refractivity contribution in [2.24, 2.45) is 5.73 Å². The number of nitrogens with two attached hydrogens (primary N) is 1. The molecule has 2 N–H and O–H groups in total. The minimum atomic E-state index is -0.573. The monoisotopic (exact) mass is 484 g/mol. The molecule has 0 radical (unpaired) electrons. The van der Waals surface area contributed by atoms with E-state index in [1.165, 1.54) is 0 Å². The van der Waals surface area contributed by atoms with E-state index in [0.29, 0.717) is 46.3 Å². The predicted molar refractivity (Wildman–Crippen MR) is 132 cm³/mol. The van der Waals surface area contributed by atoms with Crippen LogP contribution in [0.4, 0.5) is 0 Å². The van der Waals surface area contributed by atoms with Crippen molar-refractivity contribution in [3.05, 3.63) is 101 Å². The van der Waals surface area contributed by atoms with Crippen LogP contribution in [0.2, 0.25) is 0 Å². The van der Waals surface area contributed by atoms with Gasteiger partial charge in [0.25, 0.3) is 0 Å². The Morgan fingerprint density at radius 2 is 1.75 bits per heavy atom. The van der Waals surface area contributed by atoms with E-state index in [4.69, 9.17) is 29.4 Å². The molecule has 1 unspecified atom stereocenters. The van der Waals surface area contributed by atoms with Crippen molar-refractivity contribution >= 4 is 5.97 Å². The van der Waals surface area contributed by atoms with Crippen molar-refractivity contribution < 1.29 is 28.5 Å². The van der Waals surface area contributed by atoms with Crippen molar-refractivity contribution in [3.8, 4) is 34.8 Å². The minimum absolute atomic E-state index is 0.0431. The molecule has 1 heterocycles. The number of fused-ring (bicyclic) bond motifs is 1. The molecule has 1 aliphatic rings. The SMILES string of the molecule is C=CCOc1ccc(C(=O)Oc2ccc3c(c2)OC(N)=C(C#N)C3c2cc(OC)ccc2OC)cc1. The van der Waals surface area contributed by atoms with Gasteiger partial charge in [-0.25, -0.2) is 4.79 Å². The summed E-state index contributed by atoms with van der Waals surface area (Å²) in [6.45, 7) is 3.97. The molecule has 0 amide bonds. The lowest BCUT2D eigenvalue weighted by Gasteiger charge is -2.28. The molecule has 0 aliphatic carbocycles. The molecule has 8 nitrogen and oxygen atoms in total. The number of rotatable bonds is 8. The van der Waals surface area contributed by atoms with Gasteiger partial charge in [-0.2, -0.15) is 5.26 Å². The molecule has 4 rings (SSSR count). The summed E-state index contributed by atoms with van der Waals surface area (Å²) in [4.78, 5) is 12.7. The van der Waals surface area contributed by atoms with Gasteiger partial charge in [0.05, 0.1) is 25.7 Å². The molecule has 0 aromatic heterocycles. The zero-order valence-corrected chi connectivity index (χ0v) is 19.8. The van der Waals surface area contributed by atoms with Gasteiger partial charge in [0.15, 0.2) is 0 Å². The summed E-state index contributed by atoms with van der Waals surface area (Å²) in [7, 11) is 3.10. The fourth-order valence-electron chi connectivity index (χ4n) is 3.89. The van der Waals surface area contributed by atoms with Crippen molar-refractivity contribution in [2.45, 2.75) is 5.92 Å². The van der Waals surface area contributed by atoms with Crippen LogP contribution >= 0.6 is 0 Å². The number of nitrogens with zero attached hydrogens (tertiary/aromatic N) is 1. The zero-order valence-electron chi connectivity index (χ0n) is 19.8. The highest BCUT2D eigenvalue weighted by molar-refractivity contribution is 5.91. The molecule has 0 saturated carbocycles. The van der Waals surface area contributed by atoms with Gasteiger partial charge in [-0.3, -0.25) is 0 Å². The van der Waals surface area contributed by atoms with E-state index in [9.17, 15) is 10.1 Å². The van der Waals surface area contributed by atoms with Crippen LogP contribution in [0.15, 0.2) is 84.8 Å². The molecule has 0 spiro atoms. The lowest BCUT2D eigenvalue weighted by molar-refractivity contribution is 0.0734. The number of hydrogen-bond donors (Lipinski definition) is 1. The van der Waals surface area contributed by atoms with Gasteiger partial charge < -0.3 is 29.4 Å². The highest BCUT2D eigenvalue weighted by atomic mass is 16.5. The summed E-state index contributed by atoms with van der Waals surface area (Å²) >= 11 is 0. The van der Waals surface area contributed by atoms with Gasteiger partial charge in [-0.1, -0.05) is 18.7 Å². The molecule has 3 aromatic rings. The predicted octanol–water partition coefficient (Wildman–Crippen LogP) is 4.71. The summed E-state index contributed by atoms with van der Waals surface area (Å²) in [5.74, 6) is 1.23. The maximum atomic E-state index is 12.7. The van der Waals surface area contributed by atoms with Gasteiger partial charge in [-0.15, -0.1) is 0 Å². The smallest absolute Gasteiger partial charge is 0.343 e. The van der Waals surface area contributed by atoms with E-state index in [0.717, 1.165) is 0 Å². The first-order valence-corrected chi connectivity index (χ1v) is 11.0. The largest absolute Gasteiger partial charge is 0.497 e. The maximum absolute atomic E-state index is 12.7. The Morgan fingerprint density at radius 1 is 1.03 bits per heavy atom. The summed E-state index contributed by atoms with van der Waals surface area (Å²) in [6.07, 6.45) is 1.64. The van der Waals surface area contributed by atoms with Crippen LogP contribution in [-0.4, -0.2) is 26.8 Å². The molecule has 1 aliphatic heterocycles. The number of carbonyl (C=O) groups is 1. The van der Waals surface area contributed by atoms with Gasteiger partial charge in [0.1, 0.15) is 47.0 Å². The highest BCUT2D eigenvalue weighted by Gasteiger charge is 2.33. The van der Waals surface area contributed by atoms with Crippen molar-refractivity contribution in [2.75, 3.05) is 20.8 Å². The molecule has 3 aromatic carbocycles. The molecular formula is C28H24N2O6. The number of nitriles is 1. The number of carbonyl (C=O) groups excluding carboxylic acids is 1. The Labute approximate surface area is 208 Å². The molecule has 36 heavy (non-hydrogen) atoms. The molecule has 182 valence electrons. The first-order valence-electron chi connectivity index (χ1n) is 11.0. The summed E-state index contributed by atoms with van der Waals surface area (Å²) in [5, 5.41) is 9.85. The van der Waals surface area contributed by atoms with E-state index in [1.54, 1.807) is 81.0 Å². The fraction of sp³-hybridized carbons (Fsp3) is 0.143. The number of ether oxygens (including phenoxy) is 5. The van der Waals surface area contributed by atoms with Crippen LogP contribution in [0, 0.1) is 11.3 Å². The van der Waals surface area contributed by atoms with E-state index in [-0.39, 0.29) is 17.2 Å². The average Bonchev–Trinajstić information content (AvgIpc) is 2.90. The van der Waals surface area contributed by atoms with Gasteiger partial charge >= 0.3 is 5.97 Å². The molecule has 0 saturated heterocycles. The molecule has 8 heteroatoms. The minimum Gasteiger partial charge on any atom is -0.497 e. The molecule has 1 atom stereocenters. The van der Waals surface area contributed by atoms with Gasteiger partial charge in [-0.05, 0) is 48.5 Å². The zero-order chi connectivity index (χ0) is 25.7. The number of allylic oxidation sites excluding steroid dienone is 1. The Bertz CT molecular complexity index is 1370. The first kappa shape index (κ1) is 24.2. The van der Waals surface area contributed by atoms with Gasteiger partial charge in [0.2, 0.25) is 5.88 Å². The van der Waals surface area contributed by atoms with Crippen LogP contribution in [0.3, 0.4) is 0 Å². The second-order valence-electron chi connectivity index (χ2n) is 7.75. The Morgan fingerprint density at radius 3 is 2.42 bits per heavy atom. The average molecular weight is 485 g/mol. The Kier molecular flexibility index (Phi) is 7.12. The lowest BCUT2D eigenvalue weighted by Crippen LogP contribution is -2.21. The summed E-state index contributed by atoms with van der Waals surface area (Å²) in [6, 6.07) is 19.0. The normalized spacial score (nSPS) is 14.1. The number of benzene rings is 3. The third-order valence-corrected chi connectivity index (χ3v) is 5.61. The van der Waals surface area contributed by atoms with E-state index < -0.39 is 11.9 Å². The van der Waals surface area contributed by atoms with Crippen LogP contribution in [0.5, 0.6) is 28.7 Å². The maximum Gasteiger partial charge on any atom is 0.343 e. The van der Waals surface area contributed by atoms with Crippen molar-refractivity contribution in [1.82, 2.24) is 0 Å². The number of esters is 1. The molecule has 0 fully saturated rings. The second-order valence-corrected chi connectivity index (χ2v) is 7.75. The number of hydrogen-bond acceptors (Lipinski definition) is 8. The Balaban J connectivity index is 1.65. The topological polar surface area (TPSA) is 113 Å². The van der Waals surface area contributed by atoms with Crippen LogP contribution in [0.1, 0.15) is 27.4 Å².